The van der Waals surface area contributed by atoms with E-state index in [9.17, 15) is 23.8 Å². The van der Waals surface area contributed by atoms with Crippen molar-refractivity contribution in [2.75, 3.05) is 11.9 Å². The Labute approximate surface area is 247 Å². The number of nitrogens with two attached hydrogens (primary N) is 1. The van der Waals surface area contributed by atoms with Gasteiger partial charge >= 0.3 is 29.6 Å². The predicted octanol–water partition coefficient (Wildman–Crippen LogP) is 2.69. The molecule has 0 spiro atoms. The van der Waals surface area contributed by atoms with Crippen molar-refractivity contribution in [1.82, 2.24) is 0 Å². The van der Waals surface area contributed by atoms with Crippen LogP contribution in [0.3, 0.4) is 0 Å². The van der Waals surface area contributed by atoms with E-state index in [2.05, 4.69) is 23.6 Å². The number of Topliss-reactive ketones (excluding diaryl/α,β-unsaturated/α-hetero) is 1. The molecular weight excluding hydrogens is 517 g/mol. The van der Waals surface area contributed by atoms with Crippen molar-refractivity contribution in [2.24, 2.45) is 10.1 Å². The molecule has 2 aromatic rings. The minimum Gasteiger partial charge on any atom is -1.00 e. The number of ether oxygens (including phenoxy) is 1. The zero-order chi connectivity index (χ0) is 26.8. The van der Waals surface area contributed by atoms with Crippen molar-refractivity contribution in [3.05, 3.63) is 59.2 Å². The zero-order valence-corrected chi connectivity index (χ0v) is 24.8. The van der Waals surface area contributed by atoms with Crippen LogP contribution in [-0.2, 0) is 15.0 Å². The van der Waals surface area contributed by atoms with Crippen molar-refractivity contribution in [2.45, 2.75) is 62.7 Å². The van der Waals surface area contributed by atoms with E-state index in [1.165, 1.54) is 18.2 Å². The van der Waals surface area contributed by atoms with Gasteiger partial charge in [0.15, 0.2) is 18.2 Å². The molecule has 38 heavy (non-hydrogen) atoms. The van der Waals surface area contributed by atoms with Gasteiger partial charge in [0, 0.05) is 11.6 Å². The molecule has 11 heteroatoms. The maximum atomic E-state index is 14.3. The summed E-state index contributed by atoms with van der Waals surface area (Å²) in [6.07, 6.45) is 4.67. The first kappa shape index (κ1) is 30.2. The van der Waals surface area contributed by atoms with Crippen LogP contribution in [0.2, 0.25) is 0 Å². The van der Waals surface area contributed by atoms with Crippen LogP contribution < -0.4 is 45.3 Å². The third-order valence-electron chi connectivity index (χ3n) is 6.85. The van der Waals surface area contributed by atoms with Crippen molar-refractivity contribution in [3.63, 3.8) is 0 Å². The Bertz CT molecular complexity index is 1290. The number of amidine groups is 1. The summed E-state index contributed by atoms with van der Waals surface area (Å²) in [7, 11) is -3.77. The van der Waals surface area contributed by atoms with Crippen LogP contribution in [0.15, 0.2) is 57.3 Å². The van der Waals surface area contributed by atoms with Crippen molar-refractivity contribution < 1.29 is 59.5 Å². The Kier molecular flexibility index (Phi) is 9.72. The van der Waals surface area contributed by atoms with E-state index in [0.29, 0.717) is 24.1 Å². The molecule has 0 saturated heterocycles. The van der Waals surface area contributed by atoms with Crippen LogP contribution >= 0.6 is 10.8 Å². The average Bonchev–Trinajstić information content (AvgIpc) is 2.87. The third-order valence-corrected chi connectivity index (χ3v) is 8.21. The molecule has 2 aliphatic rings. The van der Waals surface area contributed by atoms with Gasteiger partial charge < -0.3 is 22.3 Å². The first-order valence-electron chi connectivity index (χ1n) is 12.4. The minimum absolute atomic E-state index is 0. The molecule has 9 nitrogen and oxygen atoms in total. The number of unbranched alkanes of at least 4 members (excludes halogenated alkanes) is 2. The Morgan fingerprint density at radius 1 is 1.13 bits per heavy atom. The first-order chi connectivity index (χ1) is 17.6. The molecule has 0 saturated carbocycles. The number of nitrogens with zero attached hydrogens (tertiary/aromatic N) is 1. The van der Waals surface area contributed by atoms with Crippen molar-refractivity contribution in [1.29, 1.82) is 0 Å². The summed E-state index contributed by atoms with van der Waals surface area (Å²) >= 11 is 0. The van der Waals surface area contributed by atoms with E-state index >= 15 is 0 Å². The smallest absolute Gasteiger partial charge is 1.00 e. The summed E-state index contributed by atoms with van der Waals surface area (Å²) in [4.78, 5) is 25.4. The van der Waals surface area contributed by atoms with Crippen LogP contribution in [0.1, 0.15) is 64.9 Å². The van der Waals surface area contributed by atoms with Crippen molar-refractivity contribution >= 4 is 39.7 Å². The zero-order valence-electron chi connectivity index (χ0n) is 23.0. The van der Waals surface area contributed by atoms with Gasteiger partial charge in [-0.3, -0.25) is 18.7 Å². The molecule has 0 unspecified atom stereocenters. The number of primary amides is 1. The summed E-state index contributed by atoms with van der Waals surface area (Å²) in [5.41, 5.74) is 5.86. The number of anilines is 1. The number of nitrogens with one attached hydrogen (secondary N) is 1. The molecule has 200 valence electrons. The standard InChI is InChI=1S/C27H33N3O6S.Na.H/c1-3-5-13-27(14-6-4-2)19-10-8-7-9-18(19)24(32)23(25(27)33)26-29-20-12-11-17(36-16-22(28)31)15-21(20)37(34,35)30-26;;/h7-12,15,32,34-35H,3-6,13-14,16H2,1-2H3,(H2,28,31)(H,29,30);;/q;+1;-1. The Morgan fingerprint density at radius 3 is 2.42 bits per heavy atom. The summed E-state index contributed by atoms with van der Waals surface area (Å²) in [6.45, 7) is 3.77. The second-order valence-corrected chi connectivity index (χ2v) is 11.0. The van der Waals surface area contributed by atoms with E-state index < -0.39 is 22.1 Å². The number of fused-ring (bicyclic) bond motifs is 2. The van der Waals surface area contributed by atoms with Gasteiger partial charge in [0.25, 0.3) is 5.91 Å². The molecule has 0 radical (unpaired) electrons. The third kappa shape index (κ3) is 5.66. The van der Waals surface area contributed by atoms with Crippen LogP contribution in [-0.4, -0.2) is 38.3 Å². The molecule has 1 amide bonds. The molecule has 0 atom stereocenters. The van der Waals surface area contributed by atoms with Gasteiger partial charge in [-0.2, -0.15) is 0 Å². The summed E-state index contributed by atoms with van der Waals surface area (Å²) in [5, 5.41) is 14.4. The number of benzene rings is 2. The number of aliphatic hydroxyl groups excluding tert-OH is 1. The average molecular weight is 552 g/mol. The number of hydrogen-bond donors (Lipinski definition) is 5. The second kappa shape index (κ2) is 12.2. The Morgan fingerprint density at radius 2 is 1.79 bits per heavy atom. The molecule has 0 fully saturated rings. The number of carbonyl (C=O) groups excluding carboxylic acids is 2. The Balaban J connectivity index is 0.00000267. The van der Waals surface area contributed by atoms with Crippen LogP contribution in [0, 0.1) is 0 Å². The summed E-state index contributed by atoms with van der Waals surface area (Å²) < 4.78 is 31.3. The number of ketones is 1. The number of amides is 1. The second-order valence-electron chi connectivity index (χ2n) is 9.38. The molecule has 2 aromatic carbocycles. The summed E-state index contributed by atoms with van der Waals surface area (Å²) in [6, 6.07) is 11.8. The van der Waals surface area contributed by atoms with Crippen LogP contribution in [0.5, 0.6) is 5.75 Å². The largest absolute Gasteiger partial charge is 1.00 e. The van der Waals surface area contributed by atoms with Gasteiger partial charge in [0.1, 0.15) is 22.0 Å². The van der Waals surface area contributed by atoms with Gasteiger partial charge in [-0.15, -0.1) is 4.40 Å². The molecule has 1 aliphatic carbocycles. The summed E-state index contributed by atoms with van der Waals surface area (Å²) in [5.74, 6) is -1.07. The van der Waals surface area contributed by atoms with Crippen LogP contribution in [0.4, 0.5) is 5.69 Å². The number of rotatable bonds is 10. The SMILES string of the molecule is CCCCC1(CCCC)C(=O)C(C2=NS(O)(O)c3cc(OCC(N)=O)ccc3N2)=C(O)c2ccccc21.[H-].[Na+]. The van der Waals surface area contributed by atoms with Gasteiger partial charge in [-0.05, 0) is 30.5 Å². The van der Waals surface area contributed by atoms with E-state index in [4.69, 9.17) is 10.5 Å². The number of aliphatic hydroxyl groups is 1. The van der Waals surface area contributed by atoms with E-state index in [0.717, 1.165) is 31.2 Å². The molecule has 1 aliphatic heterocycles. The number of hydrogen-bond acceptors (Lipinski definition) is 8. The van der Waals surface area contributed by atoms with Gasteiger partial charge in [-0.1, -0.05) is 74.6 Å². The maximum Gasteiger partial charge on any atom is 1.00 e. The Hall–Kier alpha value is -2.34. The molecular formula is C27H34N3NaO6S. The number of carbonyl (C=O) groups is 2. The van der Waals surface area contributed by atoms with Gasteiger partial charge in [0.2, 0.25) is 0 Å². The first-order valence-corrected chi connectivity index (χ1v) is 13.9. The predicted molar refractivity (Wildman–Crippen MR) is 146 cm³/mol. The van der Waals surface area contributed by atoms with E-state index in [1.54, 1.807) is 12.1 Å². The van der Waals surface area contributed by atoms with Crippen LogP contribution in [0.25, 0.3) is 5.76 Å². The topological polar surface area (TPSA) is 154 Å². The maximum absolute atomic E-state index is 14.3. The fraction of sp³-hybridized carbons (Fsp3) is 0.370. The van der Waals surface area contributed by atoms with E-state index in [1.807, 2.05) is 12.1 Å². The molecule has 4 rings (SSSR count). The fourth-order valence-electron chi connectivity index (χ4n) is 5.02. The molecule has 0 aromatic heterocycles. The molecule has 6 N–H and O–H groups in total. The monoisotopic (exact) mass is 551 g/mol. The fourth-order valence-corrected chi connectivity index (χ4v) is 6.20. The van der Waals surface area contributed by atoms with E-state index in [-0.39, 0.29) is 71.2 Å². The quantitative estimate of drug-likeness (QED) is 0.285. The van der Waals surface area contributed by atoms with Gasteiger partial charge in [0.05, 0.1) is 11.1 Å². The minimum atomic E-state index is -3.77. The normalized spacial score (nSPS) is 17.8. The molecule has 0 bridgehead atoms. The molecule has 1 heterocycles. The van der Waals surface area contributed by atoms with Gasteiger partial charge in [-0.25, -0.2) is 0 Å². The van der Waals surface area contributed by atoms with Crippen molar-refractivity contribution in [3.8, 4) is 5.75 Å².